The van der Waals surface area contributed by atoms with Crippen molar-refractivity contribution in [3.8, 4) is 5.75 Å². The van der Waals surface area contributed by atoms with Crippen LogP contribution in [-0.4, -0.2) is 36.7 Å². The third kappa shape index (κ3) is 6.58. The quantitative estimate of drug-likeness (QED) is 0.632. The van der Waals surface area contributed by atoms with Gasteiger partial charge in [-0.25, -0.2) is 9.18 Å². The lowest BCUT2D eigenvalue weighted by atomic mass is 10.0. The van der Waals surface area contributed by atoms with Gasteiger partial charge in [-0.05, 0) is 31.9 Å². The molecule has 9 heteroatoms. The number of para-hydroxylation sites is 1. The Kier molecular flexibility index (Phi) is 8.33. The van der Waals surface area contributed by atoms with Crippen molar-refractivity contribution in [1.29, 1.82) is 0 Å². The molecule has 0 aliphatic heterocycles. The number of hydrazine groups is 1. The van der Waals surface area contributed by atoms with Crippen LogP contribution in [0.4, 0.5) is 9.18 Å². The summed E-state index contributed by atoms with van der Waals surface area (Å²) in [6.07, 6.45) is -1.79. The van der Waals surface area contributed by atoms with Crippen LogP contribution in [0.2, 0.25) is 0 Å². The molecule has 1 aromatic rings. The Hall–Kier alpha value is -2.84. The van der Waals surface area contributed by atoms with E-state index in [0.29, 0.717) is 0 Å². The predicted octanol–water partition coefficient (Wildman–Crippen LogP) is 1.51. The number of carbonyl (C=O) groups is 3. The molecule has 0 spiro atoms. The first kappa shape index (κ1) is 21.2. The standard InChI is InChI=1S/C17H24FN3O5/c1-5-25-17(24)19-14(10(2)3)16(23)21-20-15(22)11(4)26-13-9-7-6-8-12(13)18/h6-11,14H,5H2,1-4H3,(H,19,24)(H,20,22)(H,21,23). The van der Waals surface area contributed by atoms with Crippen molar-refractivity contribution in [2.75, 3.05) is 6.61 Å². The van der Waals surface area contributed by atoms with Crippen LogP contribution in [-0.2, 0) is 14.3 Å². The topological polar surface area (TPSA) is 106 Å². The van der Waals surface area contributed by atoms with E-state index in [1.54, 1.807) is 26.8 Å². The molecule has 0 heterocycles. The van der Waals surface area contributed by atoms with E-state index in [2.05, 4.69) is 16.2 Å². The van der Waals surface area contributed by atoms with Crippen LogP contribution in [0, 0.1) is 11.7 Å². The van der Waals surface area contributed by atoms with E-state index in [1.165, 1.54) is 25.1 Å². The third-order valence-electron chi connectivity index (χ3n) is 3.32. The maximum absolute atomic E-state index is 13.5. The average Bonchev–Trinajstić information content (AvgIpc) is 2.59. The van der Waals surface area contributed by atoms with Gasteiger partial charge in [-0.2, -0.15) is 0 Å². The zero-order valence-corrected chi connectivity index (χ0v) is 15.2. The van der Waals surface area contributed by atoms with Crippen molar-refractivity contribution in [3.63, 3.8) is 0 Å². The summed E-state index contributed by atoms with van der Waals surface area (Å²) in [5, 5.41) is 2.41. The second-order valence-corrected chi connectivity index (χ2v) is 5.76. The summed E-state index contributed by atoms with van der Waals surface area (Å²) in [6.45, 7) is 6.66. The van der Waals surface area contributed by atoms with Gasteiger partial charge >= 0.3 is 6.09 Å². The molecule has 26 heavy (non-hydrogen) atoms. The van der Waals surface area contributed by atoms with Gasteiger partial charge in [0.25, 0.3) is 11.8 Å². The fourth-order valence-corrected chi connectivity index (χ4v) is 1.92. The molecule has 0 saturated heterocycles. The largest absolute Gasteiger partial charge is 0.478 e. The summed E-state index contributed by atoms with van der Waals surface area (Å²) in [7, 11) is 0. The minimum absolute atomic E-state index is 0.0782. The maximum atomic E-state index is 13.5. The fourth-order valence-electron chi connectivity index (χ4n) is 1.92. The minimum Gasteiger partial charge on any atom is -0.478 e. The van der Waals surface area contributed by atoms with Gasteiger partial charge in [-0.1, -0.05) is 26.0 Å². The van der Waals surface area contributed by atoms with Gasteiger partial charge in [-0.15, -0.1) is 0 Å². The molecule has 3 N–H and O–H groups in total. The zero-order chi connectivity index (χ0) is 19.7. The van der Waals surface area contributed by atoms with E-state index >= 15 is 0 Å². The summed E-state index contributed by atoms with van der Waals surface area (Å²) in [5.41, 5.74) is 4.39. The van der Waals surface area contributed by atoms with E-state index in [-0.39, 0.29) is 18.3 Å². The van der Waals surface area contributed by atoms with Gasteiger partial charge in [0, 0.05) is 0 Å². The van der Waals surface area contributed by atoms with Gasteiger partial charge in [0.2, 0.25) is 0 Å². The summed E-state index contributed by atoms with van der Waals surface area (Å²) in [6, 6.07) is 4.75. The number of nitrogens with one attached hydrogen (secondary N) is 3. The van der Waals surface area contributed by atoms with Gasteiger partial charge < -0.3 is 14.8 Å². The molecular weight excluding hydrogens is 345 g/mol. The highest BCUT2D eigenvalue weighted by atomic mass is 19.1. The second-order valence-electron chi connectivity index (χ2n) is 5.76. The van der Waals surface area contributed by atoms with Crippen molar-refractivity contribution < 1.29 is 28.2 Å². The first-order chi connectivity index (χ1) is 12.3. The van der Waals surface area contributed by atoms with Crippen molar-refractivity contribution in [1.82, 2.24) is 16.2 Å². The molecule has 0 aliphatic carbocycles. The van der Waals surface area contributed by atoms with Gasteiger partial charge in [-0.3, -0.25) is 20.4 Å². The van der Waals surface area contributed by atoms with Crippen LogP contribution in [0.15, 0.2) is 24.3 Å². The number of alkyl carbamates (subject to hydrolysis) is 1. The lowest BCUT2D eigenvalue weighted by Gasteiger charge is -2.22. The van der Waals surface area contributed by atoms with Crippen molar-refractivity contribution in [2.24, 2.45) is 5.92 Å². The minimum atomic E-state index is -1.05. The molecular formula is C17H24FN3O5. The first-order valence-electron chi connectivity index (χ1n) is 8.20. The summed E-state index contributed by atoms with van der Waals surface area (Å²) in [4.78, 5) is 35.6. The van der Waals surface area contributed by atoms with E-state index in [4.69, 9.17) is 9.47 Å². The molecule has 1 rings (SSSR count). The van der Waals surface area contributed by atoms with Crippen LogP contribution in [0.3, 0.4) is 0 Å². The van der Waals surface area contributed by atoms with Crippen LogP contribution in [0.25, 0.3) is 0 Å². The van der Waals surface area contributed by atoms with Crippen LogP contribution < -0.4 is 20.9 Å². The predicted molar refractivity (Wildman–Crippen MR) is 91.6 cm³/mol. The number of benzene rings is 1. The number of hydrogen-bond acceptors (Lipinski definition) is 5. The maximum Gasteiger partial charge on any atom is 0.407 e. The van der Waals surface area contributed by atoms with E-state index < -0.39 is 35.9 Å². The van der Waals surface area contributed by atoms with Crippen molar-refractivity contribution in [2.45, 2.75) is 39.8 Å². The average molecular weight is 369 g/mol. The number of ether oxygens (including phenoxy) is 2. The molecule has 0 radical (unpaired) electrons. The Morgan fingerprint density at radius 2 is 1.69 bits per heavy atom. The number of rotatable bonds is 7. The van der Waals surface area contributed by atoms with E-state index in [1.807, 2.05) is 0 Å². The van der Waals surface area contributed by atoms with Crippen molar-refractivity contribution in [3.05, 3.63) is 30.1 Å². The summed E-state index contributed by atoms with van der Waals surface area (Å²) >= 11 is 0. The molecule has 0 saturated carbocycles. The highest BCUT2D eigenvalue weighted by Gasteiger charge is 2.26. The second kappa shape index (κ2) is 10.2. The van der Waals surface area contributed by atoms with E-state index in [9.17, 15) is 18.8 Å². The molecule has 0 fully saturated rings. The molecule has 2 atom stereocenters. The number of halogens is 1. The van der Waals surface area contributed by atoms with Gasteiger partial charge in [0.1, 0.15) is 6.04 Å². The molecule has 2 unspecified atom stereocenters. The van der Waals surface area contributed by atoms with Crippen molar-refractivity contribution >= 4 is 17.9 Å². The highest BCUT2D eigenvalue weighted by molar-refractivity contribution is 5.89. The smallest absolute Gasteiger partial charge is 0.407 e. The zero-order valence-electron chi connectivity index (χ0n) is 15.2. The molecule has 0 aromatic heterocycles. The molecule has 0 bridgehead atoms. The number of hydrogen-bond donors (Lipinski definition) is 3. The number of carbonyl (C=O) groups excluding carboxylic acids is 3. The molecule has 3 amide bonds. The molecule has 1 aromatic carbocycles. The number of amides is 3. The Bertz CT molecular complexity index is 639. The lowest BCUT2D eigenvalue weighted by Crippen LogP contribution is -2.56. The summed E-state index contributed by atoms with van der Waals surface area (Å²) < 4.78 is 23.5. The Morgan fingerprint density at radius 3 is 2.27 bits per heavy atom. The monoisotopic (exact) mass is 369 g/mol. The summed E-state index contributed by atoms with van der Waals surface area (Å²) in [5.74, 6) is -2.23. The first-order valence-corrected chi connectivity index (χ1v) is 8.20. The fraction of sp³-hybridized carbons (Fsp3) is 0.471. The third-order valence-corrected chi connectivity index (χ3v) is 3.32. The van der Waals surface area contributed by atoms with Gasteiger partial charge in [0.05, 0.1) is 6.61 Å². The van der Waals surface area contributed by atoms with Gasteiger partial charge in [0.15, 0.2) is 17.7 Å². The van der Waals surface area contributed by atoms with E-state index in [0.717, 1.165) is 0 Å². The molecule has 8 nitrogen and oxygen atoms in total. The SMILES string of the molecule is CCOC(=O)NC(C(=O)NNC(=O)C(C)Oc1ccccc1F)C(C)C. The Balaban J connectivity index is 2.56. The highest BCUT2D eigenvalue weighted by Crippen LogP contribution is 2.16. The molecule has 144 valence electrons. The Labute approximate surface area is 151 Å². The normalized spacial score (nSPS) is 12.7. The molecule has 0 aliphatic rings. The Morgan fingerprint density at radius 1 is 1.08 bits per heavy atom. The van der Waals surface area contributed by atoms with Crippen LogP contribution >= 0.6 is 0 Å². The van der Waals surface area contributed by atoms with Crippen LogP contribution in [0.1, 0.15) is 27.7 Å². The lowest BCUT2D eigenvalue weighted by molar-refractivity contribution is -0.133. The van der Waals surface area contributed by atoms with Crippen LogP contribution in [0.5, 0.6) is 5.75 Å².